The standard InChI is InChI=1S/C19H22F2N2O/c1-13(22)8-9-19(24)23-18(15-5-3-7-17(21)12-15)11-14-4-2-6-16(20)10-14/h2-7,10,12-13,18H,8-9,11,22H2,1H3,(H,23,24). The number of nitrogens with one attached hydrogen (secondary N) is 1. The molecule has 2 aromatic carbocycles. The molecule has 2 rings (SSSR count). The van der Waals surface area contributed by atoms with Crippen molar-refractivity contribution >= 4 is 5.91 Å². The molecule has 5 heteroatoms. The average molecular weight is 332 g/mol. The predicted molar refractivity (Wildman–Crippen MR) is 90.3 cm³/mol. The number of hydrogen-bond donors (Lipinski definition) is 2. The molecule has 0 aromatic heterocycles. The molecule has 3 N–H and O–H groups in total. The van der Waals surface area contributed by atoms with E-state index < -0.39 is 6.04 Å². The van der Waals surface area contributed by atoms with Crippen molar-refractivity contribution in [3.63, 3.8) is 0 Å². The number of halogens is 2. The molecule has 0 saturated carbocycles. The van der Waals surface area contributed by atoms with Gasteiger partial charge in [0.15, 0.2) is 0 Å². The van der Waals surface area contributed by atoms with Crippen LogP contribution >= 0.6 is 0 Å². The molecule has 0 spiro atoms. The van der Waals surface area contributed by atoms with Crippen LogP contribution in [0.3, 0.4) is 0 Å². The average Bonchev–Trinajstić information content (AvgIpc) is 2.52. The topological polar surface area (TPSA) is 55.1 Å². The normalized spacial score (nSPS) is 13.3. The number of carbonyl (C=O) groups excluding carboxylic acids is 1. The van der Waals surface area contributed by atoms with Crippen molar-refractivity contribution in [3.05, 3.63) is 71.3 Å². The van der Waals surface area contributed by atoms with Gasteiger partial charge in [-0.25, -0.2) is 8.78 Å². The lowest BCUT2D eigenvalue weighted by Gasteiger charge is -2.20. The molecule has 2 aromatic rings. The molecule has 24 heavy (non-hydrogen) atoms. The zero-order valence-electron chi connectivity index (χ0n) is 13.6. The molecule has 0 aliphatic heterocycles. The Morgan fingerprint density at radius 1 is 1.12 bits per heavy atom. The Labute approximate surface area is 140 Å². The molecule has 0 aliphatic carbocycles. The summed E-state index contributed by atoms with van der Waals surface area (Å²) in [6.07, 6.45) is 1.25. The monoisotopic (exact) mass is 332 g/mol. The molecule has 3 nitrogen and oxygen atoms in total. The van der Waals surface area contributed by atoms with E-state index in [0.717, 1.165) is 5.56 Å². The van der Waals surface area contributed by atoms with Crippen molar-refractivity contribution in [2.75, 3.05) is 0 Å². The Hall–Kier alpha value is -2.27. The molecule has 1 amide bonds. The van der Waals surface area contributed by atoms with E-state index in [-0.39, 0.29) is 23.6 Å². The van der Waals surface area contributed by atoms with Crippen molar-refractivity contribution in [3.8, 4) is 0 Å². The second-order valence-electron chi connectivity index (χ2n) is 6.03. The van der Waals surface area contributed by atoms with Gasteiger partial charge in [-0.1, -0.05) is 24.3 Å². The Kier molecular flexibility index (Phi) is 6.44. The summed E-state index contributed by atoms with van der Waals surface area (Å²) in [7, 11) is 0. The first-order valence-electron chi connectivity index (χ1n) is 7.99. The third kappa shape index (κ3) is 5.74. The Morgan fingerprint density at radius 3 is 2.42 bits per heavy atom. The largest absolute Gasteiger partial charge is 0.349 e. The van der Waals surface area contributed by atoms with E-state index in [4.69, 9.17) is 5.73 Å². The molecule has 0 bridgehead atoms. The highest BCUT2D eigenvalue weighted by atomic mass is 19.1. The van der Waals surface area contributed by atoms with Crippen LogP contribution in [0.4, 0.5) is 8.78 Å². The lowest BCUT2D eigenvalue weighted by atomic mass is 9.98. The fourth-order valence-electron chi connectivity index (χ4n) is 2.50. The summed E-state index contributed by atoms with van der Waals surface area (Å²) in [6.45, 7) is 1.84. The van der Waals surface area contributed by atoms with Crippen LogP contribution in [0.5, 0.6) is 0 Å². The summed E-state index contributed by atoms with van der Waals surface area (Å²) in [5, 5.41) is 2.90. The van der Waals surface area contributed by atoms with E-state index in [9.17, 15) is 13.6 Å². The minimum atomic E-state index is -0.428. The Morgan fingerprint density at radius 2 is 1.79 bits per heavy atom. The Bertz CT molecular complexity index is 689. The quantitative estimate of drug-likeness (QED) is 0.815. The van der Waals surface area contributed by atoms with Crippen LogP contribution in [-0.4, -0.2) is 11.9 Å². The SMILES string of the molecule is CC(N)CCC(=O)NC(Cc1cccc(F)c1)c1cccc(F)c1. The lowest BCUT2D eigenvalue weighted by molar-refractivity contribution is -0.122. The molecular weight excluding hydrogens is 310 g/mol. The summed E-state index contributed by atoms with van der Waals surface area (Å²) in [5.74, 6) is -0.867. The fourth-order valence-corrected chi connectivity index (χ4v) is 2.50. The number of nitrogens with two attached hydrogens (primary N) is 1. The predicted octanol–water partition coefficient (Wildman–Crippen LogP) is 3.49. The van der Waals surface area contributed by atoms with Crippen LogP contribution in [-0.2, 0) is 11.2 Å². The van der Waals surface area contributed by atoms with E-state index in [2.05, 4.69) is 5.32 Å². The van der Waals surface area contributed by atoms with E-state index >= 15 is 0 Å². The number of benzene rings is 2. The smallest absolute Gasteiger partial charge is 0.220 e. The first kappa shape index (κ1) is 18.1. The maximum atomic E-state index is 13.5. The van der Waals surface area contributed by atoms with Gasteiger partial charge in [0.2, 0.25) is 5.91 Å². The molecule has 0 heterocycles. The molecule has 0 aliphatic rings. The maximum Gasteiger partial charge on any atom is 0.220 e. The van der Waals surface area contributed by atoms with Gasteiger partial charge in [0.25, 0.3) is 0 Å². The van der Waals surface area contributed by atoms with Gasteiger partial charge >= 0.3 is 0 Å². The zero-order chi connectivity index (χ0) is 17.5. The zero-order valence-corrected chi connectivity index (χ0v) is 13.6. The van der Waals surface area contributed by atoms with Crippen molar-refractivity contribution in [1.29, 1.82) is 0 Å². The van der Waals surface area contributed by atoms with Crippen LogP contribution in [0, 0.1) is 11.6 Å². The van der Waals surface area contributed by atoms with Gasteiger partial charge in [-0.15, -0.1) is 0 Å². The third-order valence-electron chi connectivity index (χ3n) is 3.74. The molecule has 0 radical (unpaired) electrons. The highest BCUT2D eigenvalue weighted by Gasteiger charge is 2.16. The minimum absolute atomic E-state index is 0.0633. The van der Waals surface area contributed by atoms with Crippen molar-refractivity contribution in [2.45, 2.75) is 38.3 Å². The first-order valence-corrected chi connectivity index (χ1v) is 7.99. The Balaban J connectivity index is 2.16. The van der Waals surface area contributed by atoms with Crippen LogP contribution in [0.15, 0.2) is 48.5 Å². The van der Waals surface area contributed by atoms with Gasteiger partial charge in [-0.05, 0) is 55.2 Å². The van der Waals surface area contributed by atoms with Gasteiger partial charge in [0.1, 0.15) is 11.6 Å². The number of rotatable bonds is 7. The number of hydrogen-bond acceptors (Lipinski definition) is 2. The van der Waals surface area contributed by atoms with E-state index in [1.807, 2.05) is 6.92 Å². The second kappa shape index (κ2) is 8.55. The molecular formula is C19H22F2N2O. The van der Waals surface area contributed by atoms with Gasteiger partial charge in [0, 0.05) is 12.5 Å². The van der Waals surface area contributed by atoms with Gasteiger partial charge in [-0.2, -0.15) is 0 Å². The summed E-state index contributed by atoms with van der Waals surface area (Å²) in [6, 6.07) is 11.8. The van der Waals surface area contributed by atoms with Crippen molar-refractivity contribution in [1.82, 2.24) is 5.32 Å². The summed E-state index contributed by atoms with van der Waals surface area (Å²) >= 11 is 0. The number of amides is 1. The van der Waals surface area contributed by atoms with Gasteiger partial charge in [0.05, 0.1) is 6.04 Å². The number of carbonyl (C=O) groups is 1. The minimum Gasteiger partial charge on any atom is -0.349 e. The molecule has 0 saturated heterocycles. The fraction of sp³-hybridized carbons (Fsp3) is 0.316. The lowest BCUT2D eigenvalue weighted by Crippen LogP contribution is -2.31. The first-order chi connectivity index (χ1) is 11.4. The summed E-state index contributed by atoms with van der Waals surface area (Å²) in [4.78, 5) is 12.1. The van der Waals surface area contributed by atoms with E-state index in [0.29, 0.717) is 24.8 Å². The third-order valence-corrected chi connectivity index (χ3v) is 3.74. The van der Waals surface area contributed by atoms with Gasteiger partial charge < -0.3 is 11.1 Å². The highest BCUT2D eigenvalue weighted by molar-refractivity contribution is 5.76. The van der Waals surface area contributed by atoms with Crippen LogP contribution < -0.4 is 11.1 Å². The highest BCUT2D eigenvalue weighted by Crippen LogP contribution is 2.20. The van der Waals surface area contributed by atoms with Crippen LogP contribution in [0.25, 0.3) is 0 Å². The van der Waals surface area contributed by atoms with Crippen molar-refractivity contribution < 1.29 is 13.6 Å². The summed E-state index contributed by atoms with van der Waals surface area (Å²) in [5.41, 5.74) is 7.05. The summed E-state index contributed by atoms with van der Waals surface area (Å²) < 4.78 is 26.9. The van der Waals surface area contributed by atoms with Crippen LogP contribution in [0.2, 0.25) is 0 Å². The van der Waals surface area contributed by atoms with Crippen molar-refractivity contribution in [2.24, 2.45) is 5.73 Å². The van der Waals surface area contributed by atoms with E-state index in [1.165, 1.54) is 24.3 Å². The van der Waals surface area contributed by atoms with Crippen LogP contribution in [0.1, 0.15) is 36.9 Å². The molecule has 2 unspecified atom stereocenters. The molecule has 2 atom stereocenters. The van der Waals surface area contributed by atoms with Gasteiger partial charge in [-0.3, -0.25) is 4.79 Å². The molecule has 0 fully saturated rings. The maximum absolute atomic E-state index is 13.5. The second-order valence-corrected chi connectivity index (χ2v) is 6.03. The molecule has 128 valence electrons. The van der Waals surface area contributed by atoms with E-state index in [1.54, 1.807) is 24.3 Å².